The van der Waals surface area contributed by atoms with Crippen molar-refractivity contribution in [1.82, 2.24) is 0 Å². The Hall–Kier alpha value is -1.07. The Morgan fingerprint density at radius 2 is 1.79 bits per heavy atom. The van der Waals surface area contributed by atoms with Gasteiger partial charge in [0.1, 0.15) is 6.73 Å². The second-order valence-electron chi connectivity index (χ2n) is 3.11. The normalized spacial score (nSPS) is 11.4. The van der Waals surface area contributed by atoms with Crippen LogP contribution in [0.25, 0.3) is 0 Å². The van der Waals surface area contributed by atoms with Crippen molar-refractivity contribution < 1.29 is 13.5 Å². The highest BCUT2D eigenvalue weighted by molar-refractivity contribution is 7.90. The van der Waals surface area contributed by atoms with Gasteiger partial charge in [-0.15, -0.1) is 0 Å². The number of benzene rings is 1. The zero-order chi connectivity index (χ0) is 10.8. The smallest absolute Gasteiger partial charge is 0.175 e. The maximum absolute atomic E-state index is 11.1. The van der Waals surface area contributed by atoms with Gasteiger partial charge in [-0.2, -0.15) is 0 Å². The molecule has 0 spiro atoms. The minimum atomic E-state index is -3.13. The first-order valence-corrected chi connectivity index (χ1v) is 5.96. The number of anilines is 1. The molecule has 0 aliphatic heterocycles. The predicted molar refractivity (Wildman–Crippen MR) is 55.0 cm³/mol. The van der Waals surface area contributed by atoms with Gasteiger partial charge in [0.25, 0.3) is 0 Å². The SMILES string of the molecule is CN(CO)c1ccc(S(C)(=O)=O)cc1. The molecule has 4 nitrogen and oxygen atoms in total. The molecular weight excluding hydrogens is 202 g/mol. The van der Waals surface area contributed by atoms with Crippen molar-refractivity contribution in [1.29, 1.82) is 0 Å². The fourth-order valence-electron chi connectivity index (χ4n) is 1.03. The average Bonchev–Trinajstić information content (AvgIpc) is 2.15. The van der Waals surface area contributed by atoms with E-state index in [9.17, 15) is 8.42 Å². The summed E-state index contributed by atoms with van der Waals surface area (Å²) in [5.74, 6) is 0. The largest absolute Gasteiger partial charge is 0.376 e. The lowest BCUT2D eigenvalue weighted by molar-refractivity contribution is 0.298. The minimum Gasteiger partial charge on any atom is -0.376 e. The summed E-state index contributed by atoms with van der Waals surface area (Å²) in [5, 5.41) is 8.83. The molecule has 1 N–H and O–H groups in total. The van der Waals surface area contributed by atoms with Crippen LogP contribution in [0, 0.1) is 0 Å². The van der Waals surface area contributed by atoms with E-state index in [1.165, 1.54) is 12.1 Å². The molecule has 14 heavy (non-hydrogen) atoms. The molecule has 1 aromatic rings. The van der Waals surface area contributed by atoms with Crippen molar-refractivity contribution in [3.8, 4) is 0 Å². The van der Waals surface area contributed by atoms with Crippen LogP contribution in [0.15, 0.2) is 29.2 Å². The Morgan fingerprint density at radius 1 is 1.29 bits per heavy atom. The van der Waals surface area contributed by atoms with Crippen molar-refractivity contribution in [3.05, 3.63) is 24.3 Å². The van der Waals surface area contributed by atoms with Crippen LogP contribution >= 0.6 is 0 Å². The first-order valence-electron chi connectivity index (χ1n) is 4.07. The first kappa shape index (κ1) is 11.0. The van der Waals surface area contributed by atoms with E-state index in [1.807, 2.05) is 0 Å². The molecule has 5 heteroatoms. The van der Waals surface area contributed by atoms with Crippen LogP contribution in [0.3, 0.4) is 0 Å². The van der Waals surface area contributed by atoms with Gasteiger partial charge in [0, 0.05) is 19.0 Å². The van der Waals surface area contributed by atoms with Gasteiger partial charge in [0.2, 0.25) is 0 Å². The number of hydrogen-bond acceptors (Lipinski definition) is 4. The molecule has 0 aromatic heterocycles. The highest BCUT2D eigenvalue weighted by Gasteiger charge is 2.06. The van der Waals surface area contributed by atoms with E-state index in [4.69, 9.17) is 5.11 Å². The maximum Gasteiger partial charge on any atom is 0.175 e. The van der Waals surface area contributed by atoms with Gasteiger partial charge >= 0.3 is 0 Å². The van der Waals surface area contributed by atoms with Crippen molar-refractivity contribution >= 4 is 15.5 Å². The van der Waals surface area contributed by atoms with Crippen LogP contribution in [0.1, 0.15) is 0 Å². The molecule has 0 saturated heterocycles. The van der Waals surface area contributed by atoms with Gasteiger partial charge in [-0.3, -0.25) is 0 Å². The summed E-state index contributed by atoms with van der Waals surface area (Å²) in [6, 6.07) is 6.37. The summed E-state index contributed by atoms with van der Waals surface area (Å²) in [5.41, 5.74) is 0.778. The van der Waals surface area contributed by atoms with E-state index in [-0.39, 0.29) is 11.6 Å². The van der Waals surface area contributed by atoms with Gasteiger partial charge in [0.15, 0.2) is 9.84 Å². The third-order valence-electron chi connectivity index (χ3n) is 1.92. The quantitative estimate of drug-likeness (QED) is 0.745. The number of sulfone groups is 1. The number of aliphatic hydroxyl groups is 1. The lowest BCUT2D eigenvalue weighted by Gasteiger charge is -2.15. The monoisotopic (exact) mass is 215 g/mol. The molecular formula is C9H13NO3S. The van der Waals surface area contributed by atoms with Gasteiger partial charge in [0.05, 0.1) is 4.90 Å². The Kier molecular flexibility index (Phi) is 3.13. The molecule has 0 fully saturated rings. The zero-order valence-corrected chi connectivity index (χ0v) is 8.95. The van der Waals surface area contributed by atoms with Crippen LogP contribution in [-0.4, -0.2) is 33.6 Å². The molecule has 0 aliphatic rings. The summed E-state index contributed by atoms with van der Waals surface area (Å²) in [7, 11) is -1.42. The Balaban J connectivity index is 3.01. The summed E-state index contributed by atoms with van der Waals surface area (Å²) in [6.45, 7) is -0.0990. The van der Waals surface area contributed by atoms with Gasteiger partial charge in [-0.25, -0.2) is 8.42 Å². The standard InChI is InChI=1S/C9H13NO3S/c1-10(7-11)8-3-5-9(6-4-8)14(2,12)13/h3-6,11H,7H2,1-2H3. The molecule has 78 valence electrons. The molecule has 0 unspecified atom stereocenters. The van der Waals surface area contributed by atoms with E-state index in [2.05, 4.69) is 0 Å². The second kappa shape index (κ2) is 3.98. The van der Waals surface area contributed by atoms with Crippen molar-refractivity contribution in [2.45, 2.75) is 4.90 Å². The van der Waals surface area contributed by atoms with E-state index >= 15 is 0 Å². The number of rotatable bonds is 3. The third kappa shape index (κ3) is 2.46. The van der Waals surface area contributed by atoms with E-state index in [1.54, 1.807) is 24.1 Å². The fourth-order valence-corrected chi connectivity index (χ4v) is 1.66. The number of nitrogens with zero attached hydrogens (tertiary/aromatic N) is 1. The molecule has 0 amide bonds. The zero-order valence-electron chi connectivity index (χ0n) is 8.14. The molecule has 0 saturated carbocycles. The van der Waals surface area contributed by atoms with Crippen LogP contribution in [0.2, 0.25) is 0 Å². The lowest BCUT2D eigenvalue weighted by atomic mass is 10.3. The highest BCUT2D eigenvalue weighted by Crippen LogP contribution is 2.16. The van der Waals surface area contributed by atoms with Gasteiger partial charge in [-0.1, -0.05) is 0 Å². The highest BCUT2D eigenvalue weighted by atomic mass is 32.2. The Bertz CT molecular complexity index is 397. The van der Waals surface area contributed by atoms with Crippen LogP contribution < -0.4 is 4.90 Å². The Morgan fingerprint density at radius 3 is 2.14 bits per heavy atom. The molecule has 0 atom stereocenters. The average molecular weight is 215 g/mol. The molecule has 0 heterocycles. The van der Waals surface area contributed by atoms with Crippen LogP contribution in [0.5, 0.6) is 0 Å². The van der Waals surface area contributed by atoms with Gasteiger partial charge in [-0.05, 0) is 24.3 Å². The number of aliphatic hydroxyl groups excluding tert-OH is 1. The van der Waals surface area contributed by atoms with Crippen molar-refractivity contribution in [3.63, 3.8) is 0 Å². The van der Waals surface area contributed by atoms with E-state index in [0.717, 1.165) is 11.9 Å². The second-order valence-corrected chi connectivity index (χ2v) is 5.12. The molecule has 0 radical (unpaired) electrons. The molecule has 0 bridgehead atoms. The van der Waals surface area contributed by atoms with Crippen molar-refractivity contribution in [2.75, 3.05) is 24.9 Å². The molecule has 1 aromatic carbocycles. The summed E-state index contributed by atoms with van der Waals surface area (Å²) in [6.07, 6.45) is 1.16. The van der Waals surface area contributed by atoms with Crippen LogP contribution in [0.4, 0.5) is 5.69 Å². The molecule has 1 rings (SSSR count). The predicted octanol–water partition coefficient (Wildman–Crippen LogP) is 0.476. The third-order valence-corrected chi connectivity index (χ3v) is 3.05. The maximum atomic E-state index is 11.1. The Labute approximate surface area is 83.7 Å². The summed E-state index contributed by atoms with van der Waals surface area (Å²) >= 11 is 0. The van der Waals surface area contributed by atoms with Crippen LogP contribution in [-0.2, 0) is 9.84 Å². The van der Waals surface area contributed by atoms with E-state index < -0.39 is 9.84 Å². The molecule has 0 aliphatic carbocycles. The van der Waals surface area contributed by atoms with Crippen molar-refractivity contribution in [2.24, 2.45) is 0 Å². The topological polar surface area (TPSA) is 57.6 Å². The first-order chi connectivity index (χ1) is 6.45. The van der Waals surface area contributed by atoms with Gasteiger partial charge < -0.3 is 10.0 Å². The number of hydrogen-bond donors (Lipinski definition) is 1. The minimum absolute atomic E-state index is 0.0990. The fraction of sp³-hybridized carbons (Fsp3) is 0.333. The summed E-state index contributed by atoms with van der Waals surface area (Å²) in [4.78, 5) is 1.89. The lowest BCUT2D eigenvalue weighted by Crippen LogP contribution is -2.17. The van der Waals surface area contributed by atoms with E-state index in [0.29, 0.717) is 0 Å². The summed E-state index contributed by atoms with van der Waals surface area (Å²) < 4.78 is 22.2.